The van der Waals surface area contributed by atoms with Gasteiger partial charge in [0, 0.05) is 10.9 Å². The number of furan rings is 1. The van der Waals surface area contributed by atoms with Crippen molar-refractivity contribution < 1.29 is 18.7 Å². The van der Waals surface area contributed by atoms with Gasteiger partial charge in [0.1, 0.15) is 11.5 Å². The molecule has 37 heavy (non-hydrogen) atoms. The first-order chi connectivity index (χ1) is 18.1. The summed E-state index contributed by atoms with van der Waals surface area (Å²) in [5, 5.41) is 14.5. The van der Waals surface area contributed by atoms with E-state index in [0.29, 0.717) is 28.5 Å². The van der Waals surface area contributed by atoms with Crippen molar-refractivity contribution in [3.05, 3.63) is 72.3 Å². The maximum Gasteiger partial charge on any atom is 0.236 e. The van der Waals surface area contributed by atoms with Gasteiger partial charge in [-0.2, -0.15) is 0 Å². The first-order valence-electron chi connectivity index (χ1n) is 11.4. The molecule has 5 aromatic rings. The lowest BCUT2D eigenvalue weighted by atomic mass is 10.2. The fourth-order valence-electron chi connectivity index (χ4n) is 3.55. The van der Waals surface area contributed by atoms with E-state index in [2.05, 4.69) is 20.5 Å². The van der Waals surface area contributed by atoms with Crippen LogP contribution in [0.5, 0.6) is 11.5 Å². The van der Waals surface area contributed by atoms with E-state index in [1.807, 2.05) is 71.5 Å². The topological polar surface area (TPSA) is 104 Å². The number of thioether (sulfide) groups is 1. The maximum atomic E-state index is 12.8. The van der Waals surface area contributed by atoms with Gasteiger partial charge in [-0.05, 0) is 55.5 Å². The zero-order valence-corrected chi connectivity index (χ0v) is 21.7. The van der Waals surface area contributed by atoms with Crippen molar-refractivity contribution in [3.8, 4) is 40.0 Å². The van der Waals surface area contributed by atoms with Gasteiger partial charge in [-0.3, -0.25) is 9.36 Å². The number of methoxy groups -OCH3 is 1. The van der Waals surface area contributed by atoms with Crippen molar-refractivity contribution in [2.24, 2.45) is 0 Å². The van der Waals surface area contributed by atoms with Crippen LogP contribution in [0.15, 0.2) is 81.9 Å². The van der Waals surface area contributed by atoms with Gasteiger partial charge in [0.05, 0.1) is 37.1 Å². The molecule has 0 aliphatic rings. The van der Waals surface area contributed by atoms with E-state index in [0.717, 1.165) is 28.4 Å². The number of aromatic nitrogens is 4. The molecule has 0 saturated carbocycles. The Bertz CT molecular complexity index is 1480. The van der Waals surface area contributed by atoms with Crippen molar-refractivity contribution in [3.63, 3.8) is 0 Å². The Hall–Kier alpha value is -4.09. The lowest BCUT2D eigenvalue weighted by Crippen LogP contribution is -2.14. The van der Waals surface area contributed by atoms with Crippen LogP contribution in [0.1, 0.15) is 6.92 Å². The molecular formula is C26H23N5O4S2. The highest BCUT2D eigenvalue weighted by Crippen LogP contribution is 2.30. The number of benzene rings is 2. The molecule has 5 rings (SSSR count). The predicted molar refractivity (Wildman–Crippen MR) is 144 cm³/mol. The van der Waals surface area contributed by atoms with Crippen LogP contribution in [0.2, 0.25) is 0 Å². The average Bonchev–Trinajstić information content (AvgIpc) is 3.69. The minimum Gasteiger partial charge on any atom is -0.497 e. The number of nitrogens with zero attached hydrogens (tertiary/aromatic N) is 4. The van der Waals surface area contributed by atoms with Crippen molar-refractivity contribution in [1.29, 1.82) is 0 Å². The van der Waals surface area contributed by atoms with Gasteiger partial charge in [0.2, 0.25) is 11.7 Å². The third kappa shape index (κ3) is 5.68. The molecule has 0 radical (unpaired) electrons. The minimum atomic E-state index is -0.197. The SMILES string of the molecule is CCOc1ccc(-n2c(SCC(=O)Nc3nc(-c4cccc(OC)c4)cs3)nnc2-c2ccco2)cc1. The van der Waals surface area contributed by atoms with Crippen LogP contribution in [0.4, 0.5) is 5.13 Å². The molecule has 0 fully saturated rings. The standard InChI is InChI=1S/C26H23N5O4S2/c1-3-34-19-11-9-18(10-12-19)31-24(22-8-5-13-35-22)29-30-26(31)37-16-23(32)28-25-27-21(15-36-25)17-6-4-7-20(14-17)33-2/h4-15H,3,16H2,1-2H3,(H,27,28,32). The number of nitrogens with one attached hydrogen (secondary N) is 1. The summed E-state index contributed by atoms with van der Waals surface area (Å²) in [5.74, 6) is 2.56. The maximum absolute atomic E-state index is 12.8. The van der Waals surface area contributed by atoms with E-state index in [-0.39, 0.29) is 11.7 Å². The monoisotopic (exact) mass is 533 g/mol. The zero-order valence-electron chi connectivity index (χ0n) is 20.1. The van der Waals surface area contributed by atoms with Gasteiger partial charge in [-0.15, -0.1) is 21.5 Å². The summed E-state index contributed by atoms with van der Waals surface area (Å²) in [6.45, 7) is 2.52. The Morgan fingerprint density at radius 2 is 1.97 bits per heavy atom. The number of rotatable bonds is 10. The molecule has 3 heterocycles. The lowest BCUT2D eigenvalue weighted by Gasteiger charge is -2.10. The molecule has 9 nitrogen and oxygen atoms in total. The molecule has 3 aromatic heterocycles. The van der Waals surface area contributed by atoms with Crippen molar-refractivity contribution in [2.45, 2.75) is 12.1 Å². The average molecular weight is 534 g/mol. The van der Waals surface area contributed by atoms with Crippen molar-refractivity contribution >= 4 is 34.1 Å². The lowest BCUT2D eigenvalue weighted by molar-refractivity contribution is -0.113. The van der Waals surface area contributed by atoms with Gasteiger partial charge in [0.25, 0.3) is 0 Å². The summed E-state index contributed by atoms with van der Waals surface area (Å²) < 4.78 is 18.3. The highest BCUT2D eigenvalue weighted by atomic mass is 32.2. The van der Waals surface area contributed by atoms with Crippen LogP contribution in [-0.4, -0.2) is 45.1 Å². The van der Waals surface area contributed by atoms with Crippen LogP contribution in [0.25, 0.3) is 28.5 Å². The molecule has 0 atom stereocenters. The molecule has 0 spiro atoms. The summed E-state index contributed by atoms with van der Waals surface area (Å²) in [6.07, 6.45) is 1.58. The number of anilines is 1. The number of amides is 1. The normalized spacial score (nSPS) is 10.9. The van der Waals surface area contributed by atoms with Crippen LogP contribution in [0.3, 0.4) is 0 Å². The van der Waals surface area contributed by atoms with E-state index in [1.165, 1.54) is 23.1 Å². The Morgan fingerprint density at radius 1 is 1.11 bits per heavy atom. The Kier molecular flexibility index (Phi) is 7.52. The summed E-state index contributed by atoms with van der Waals surface area (Å²) in [4.78, 5) is 17.3. The van der Waals surface area contributed by atoms with Gasteiger partial charge in [0.15, 0.2) is 16.0 Å². The van der Waals surface area contributed by atoms with E-state index in [4.69, 9.17) is 13.9 Å². The third-order valence-electron chi connectivity index (χ3n) is 5.23. The number of thiazole rings is 1. The number of hydrogen-bond acceptors (Lipinski definition) is 9. The van der Waals surface area contributed by atoms with Gasteiger partial charge >= 0.3 is 0 Å². The zero-order chi connectivity index (χ0) is 25.6. The molecule has 0 saturated heterocycles. The molecule has 0 aliphatic heterocycles. The molecule has 1 N–H and O–H groups in total. The smallest absolute Gasteiger partial charge is 0.236 e. The summed E-state index contributed by atoms with van der Waals surface area (Å²) >= 11 is 2.64. The molecule has 0 aliphatic carbocycles. The molecule has 11 heteroatoms. The highest BCUT2D eigenvalue weighted by molar-refractivity contribution is 7.99. The van der Waals surface area contributed by atoms with Gasteiger partial charge in [-0.1, -0.05) is 23.9 Å². The summed E-state index contributed by atoms with van der Waals surface area (Å²) in [7, 11) is 1.62. The molecule has 0 bridgehead atoms. The van der Waals surface area contributed by atoms with E-state index < -0.39 is 0 Å². The summed E-state index contributed by atoms with van der Waals surface area (Å²) in [5.41, 5.74) is 2.51. The largest absolute Gasteiger partial charge is 0.497 e. The van der Waals surface area contributed by atoms with E-state index in [9.17, 15) is 4.79 Å². The van der Waals surface area contributed by atoms with Crippen LogP contribution in [0, 0.1) is 0 Å². The van der Waals surface area contributed by atoms with Gasteiger partial charge < -0.3 is 19.2 Å². The second-order valence-corrected chi connectivity index (χ2v) is 9.45. The second-order valence-electron chi connectivity index (χ2n) is 7.65. The van der Waals surface area contributed by atoms with Crippen molar-refractivity contribution in [2.75, 3.05) is 24.8 Å². The van der Waals surface area contributed by atoms with Crippen LogP contribution >= 0.6 is 23.1 Å². The Labute approximate surface area is 221 Å². The first kappa shape index (κ1) is 24.6. The second kappa shape index (κ2) is 11.3. The Balaban J connectivity index is 1.30. The van der Waals surface area contributed by atoms with E-state index >= 15 is 0 Å². The molecular weight excluding hydrogens is 510 g/mol. The fraction of sp³-hybridized carbons (Fsp3) is 0.154. The minimum absolute atomic E-state index is 0.126. The third-order valence-corrected chi connectivity index (χ3v) is 6.92. The number of ether oxygens (including phenoxy) is 2. The first-order valence-corrected chi connectivity index (χ1v) is 13.3. The number of carbonyl (C=O) groups excluding carboxylic acids is 1. The Morgan fingerprint density at radius 3 is 2.73 bits per heavy atom. The van der Waals surface area contributed by atoms with Crippen molar-refractivity contribution in [1.82, 2.24) is 19.7 Å². The summed E-state index contributed by atoms with van der Waals surface area (Å²) in [6, 6.07) is 18.8. The molecule has 188 valence electrons. The highest BCUT2D eigenvalue weighted by Gasteiger charge is 2.19. The quantitative estimate of drug-likeness (QED) is 0.225. The molecule has 1 amide bonds. The van der Waals surface area contributed by atoms with Crippen LogP contribution < -0.4 is 14.8 Å². The van der Waals surface area contributed by atoms with E-state index in [1.54, 1.807) is 19.4 Å². The van der Waals surface area contributed by atoms with Crippen LogP contribution in [-0.2, 0) is 4.79 Å². The molecule has 0 unspecified atom stereocenters. The fourth-order valence-corrected chi connectivity index (χ4v) is 5.04. The van der Waals surface area contributed by atoms with Gasteiger partial charge in [-0.25, -0.2) is 4.98 Å². The molecule has 2 aromatic carbocycles. The number of carbonyl (C=O) groups is 1. The number of hydrogen-bond donors (Lipinski definition) is 1. The predicted octanol–water partition coefficient (Wildman–Crippen LogP) is 5.79.